The number of benzene rings is 2. The van der Waals surface area contributed by atoms with Gasteiger partial charge in [-0.25, -0.2) is 0 Å². The van der Waals surface area contributed by atoms with E-state index in [0.29, 0.717) is 6.54 Å². The van der Waals surface area contributed by atoms with Crippen LogP contribution in [0, 0.1) is 13.8 Å². The fourth-order valence-corrected chi connectivity index (χ4v) is 3.28. The van der Waals surface area contributed by atoms with E-state index in [-0.39, 0.29) is 11.4 Å². The standard InChI is InChI=1S/C20H25N3O/c1-14-9-10-16(15(2)11-14)21-19(24)12-23-13-20(3,4)22-17-7-5-6-8-18(17)23/h5-11,22H,12-13H2,1-4H3,(H,21,24). The molecule has 2 aromatic rings. The Morgan fingerprint density at radius 2 is 1.96 bits per heavy atom. The van der Waals surface area contributed by atoms with E-state index in [1.807, 2.05) is 31.2 Å². The Balaban J connectivity index is 1.76. The van der Waals surface area contributed by atoms with E-state index in [0.717, 1.165) is 29.2 Å². The van der Waals surface area contributed by atoms with Crippen molar-refractivity contribution in [3.8, 4) is 0 Å². The number of nitrogens with one attached hydrogen (secondary N) is 2. The third kappa shape index (κ3) is 3.53. The van der Waals surface area contributed by atoms with Gasteiger partial charge in [-0.3, -0.25) is 4.79 Å². The molecule has 4 heteroatoms. The molecule has 2 N–H and O–H groups in total. The van der Waals surface area contributed by atoms with E-state index in [2.05, 4.69) is 54.5 Å². The fourth-order valence-electron chi connectivity index (χ4n) is 3.28. The van der Waals surface area contributed by atoms with E-state index in [1.54, 1.807) is 0 Å². The van der Waals surface area contributed by atoms with Crippen LogP contribution in [-0.4, -0.2) is 24.5 Å². The molecule has 1 aliphatic heterocycles. The zero-order valence-corrected chi connectivity index (χ0v) is 14.8. The smallest absolute Gasteiger partial charge is 0.243 e. The van der Waals surface area contributed by atoms with Crippen LogP contribution in [0.4, 0.5) is 17.1 Å². The normalized spacial score (nSPS) is 15.4. The number of aryl methyl sites for hydroxylation is 2. The molecule has 4 nitrogen and oxygen atoms in total. The second-order valence-electron chi connectivity index (χ2n) is 7.25. The first-order valence-corrected chi connectivity index (χ1v) is 8.33. The van der Waals surface area contributed by atoms with Crippen LogP contribution in [0.2, 0.25) is 0 Å². The number of para-hydroxylation sites is 2. The van der Waals surface area contributed by atoms with Crippen molar-refractivity contribution in [2.24, 2.45) is 0 Å². The molecule has 0 saturated heterocycles. The maximum Gasteiger partial charge on any atom is 0.243 e. The third-order valence-electron chi connectivity index (χ3n) is 4.29. The summed E-state index contributed by atoms with van der Waals surface area (Å²) in [4.78, 5) is 14.7. The van der Waals surface area contributed by atoms with Gasteiger partial charge in [-0.05, 0) is 51.5 Å². The molecule has 126 valence electrons. The van der Waals surface area contributed by atoms with Gasteiger partial charge in [0.25, 0.3) is 0 Å². The predicted molar refractivity (Wildman–Crippen MR) is 101 cm³/mol. The summed E-state index contributed by atoms with van der Waals surface area (Å²) in [5.74, 6) is 0.00876. The van der Waals surface area contributed by atoms with E-state index in [9.17, 15) is 4.79 Å². The monoisotopic (exact) mass is 323 g/mol. The summed E-state index contributed by atoms with van der Waals surface area (Å²) >= 11 is 0. The molecule has 1 aliphatic rings. The summed E-state index contributed by atoms with van der Waals surface area (Å²) in [6.45, 7) is 9.50. The van der Waals surface area contributed by atoms with Gasteiger partial charge in [-0.2, -0.15) is 0 Å². The van der Waals surface area contributed by atoms with Crippen molar-refractivity contribution in [1.82, 2.24) is 0 Å². The second-order valence-corrected chi connectivity index (χ2v) is 7.25. The molecule has 0 saturated carbocycles. The van der Waals surface area contributed by atoms with E-state index in [4.69, 9.17) is 0 Å². The first-order valence-electron chi connectivity index (χ1n) is 8.33. The molecular formula is C20H25N3O. The number of anilines is 3. The molecule has 3 rings (SSSR count). The summed E-state index contributed by atoms with van der Waals surface area (Å²) in [6.07, 6.45) is 0. The van der Waals surface area contributed by atoms with Crippen molar-refractivity contribution in [2.45, 2.75) is 33.2 Å². The number of amides is 1. The molecule has 0 aromatic heterocycles. The molecule has 24 heavy (non-hydrogen) atoms. The number of carbonyl (C=O) groups is 1. The Morgan fingerprint density at radius 3 is 2.71 bits per heavy atom. The Bertz CT molecular complexity index is 767. The van der Waals surface area contributed by atoms with Crippen molar-refractivity contribution in [3.05, 3.63) is 53.6 Å². The molecular weight excluding hydrogens is 298 g/mol. The Hall–Kier alpha value is -2.49. The van der Waals surface area contributed by atoms with Gasteiger partial charge in [0.1, 0.15) is 0 Å². The molecule has 0 bridgehead atoms. The lowest BCUT2D eigenvalue weighted by molar-refractivity contribution is -0.115. The zero-order chi connectivity index (χ0) is 17.3. The van der Waals surface area contributed by atoms with Gasteiger partial charge in [0.2, 0.25) is 5.91 Å². The van der Waals surface area contributed by atoms with E-state index < -0.39 is 0 Å². The lowest BCUT2D eigenvalue weighted by Crippen LogP contribution is -2.50. The van der Waals surface area contributed by atoms with Gasteiger partial charge >= 0.3 is 0 Å². The highest BCUT2D eigenvalue weighted by atomic mass is 16.2. The van der Waals surface area contributed by atoms with Crippen LogP contribution in [0.3, 0.4) is 0 Å². The minimum absolute atomic E-state index is 0.00876. The average molecular weight is 323 g/mol. The van der Waals surface area contributed by atoms with Gasteiger partial charge in [-0.1, -0.05) is 29.8 Å². The van der Waals surface area contributed by atoms with Gasteiger partial charge in [0.15, 0.2) is 0 Å². The Kier molecular flexibility index (Phi) is 4.22. The zero-order valence-electron chi connectivity index (χ0n) is 14.8. The number of rotatable bonds is 3. The minimum atomic E-state index is -0.0750. The maximum atomic E-state index is 12.6. The molecule has 0 unspecified atom stereocenters. The van der Waals surface area contributed by atoms with Gasteiger partial charge in [0.05, 0.1) is 17.9 Å². The van der Waals surface area contributed by atoms with Crippen LogP contribution in [0.5, 0.6) is 0 Å². The first-order chi connectivity index (χ1) is 11.3. The Morgan fingerprint density at radius 1 is 1.21 bits per heavy atom. The summed E-state index contributed by atoms with van der Waals surface area (Å²) in [6, 6.07) is 14.2. The third-order valence-corrected chi connectivity index (χ3v) is 4.29. The molecule has 0 atom stereocenters. The molecule has 0 spiro atoms. The van der Waals surface area contributed by atoms with Crippen LogP contribution in [0.1, 0.15) is 25.0 Å². The molecule has 2 aromatic carbocycles. The fraction of sp³-hybridized carbons (Fsp3) is 0.350. The summed E-state index contributed by atoms with van der Waals surface area (Å²) in [5.41, 5.74) is 5.25. The molecule has 1 amide bonds. The van der Waals surface area contributed by atoms with Gasteiger partial charge in [-0.15, -0.1) is 0 Å². The molecule has 0 aliphatic carbocycles. The molecule has 0 fully saturated rings. The summed E-state index contributed by atoms with van der Waals surface area (Å²) in [5, 5.41) is 6.57. The van der Waals surface area contributed by atoms with Crippen molar-refractivity contribution in [2.75, 3.05) is 28.6 Å². The number of fused-ring (bicyclic) bond motifs is 1. The minimum Gasteiger partial charge on any atom is -0.377 e. The quantitative estimate of drug-likeness (QED) is 0.899. The van der Waals surface area contributed by atoms with Crippen LogP contribution >= 0.6 is 0 Å². The van der Waals surface area contributed by atoms with Crippen LogP contribution in [0.25, 0.3) is 0 Å². The maximum absolute atomic E-state index is 12.6. The highest BCUT2D eigenvalue weighted by Gasteiger charge is 2.30. The predicted octanol–water partition coefficient (Wildman–Crippen LogP) is 3.95. The van der Waals surface area contributed by atoms with Crippen molar-refractivity contribution in [1.29, 1.82) is 0 Å². The van der Waals surface area contributed by atoms with E-state index >= 15 is 0 Å². The van der Waals surface area contributed by atoms with Gasteiger partial charge < -0.3 is 15.5 Å². The number of carbonyl (C=O) groups excluding carboxylic acids is 1. The topological polar surface area (TPSA) is 44.4 Å². The lowest BCUT2D eigenvalue weighted by atomic mass is 9.99. The van der Waals surface area contributed by atoms with Crippen molar-refractivity contribution < 1.29 is 4.79 Å². The number of hydrogen-bond acceptors (Lipinski definition) is 3. The molecule has 1 heterocycles. The van der Waals surface area contributed by atoms with Crippen LogP contribution in [-0.2, 0) is 4.79 Å². The van der Waals surface area contributed by atoms with Crippen molar-refractivity contribution in [3.63, 3.8) is 0 Å². The highest BCUT2D eigenvalue weighted by molar-refractivity contribution is 5.95. The SMILES string of the molecule is Cc1ccc(NC(=O)CN2CC(C)(C)Nc3ccccc32)c(C)c1. The van der Waals surface area contributed by atoms with Crippen LogP contribution < -0.4 is 15.5 Å². The lowest BCUT2D eigenvalue weighted by Gasteiger charge is -2.41. The number of hydrogen-bond donors (Lipinski definition) is 2. The van der Waals surface area contributed by atoms with Crippen LogP contribution in [0.15, 0.2) is 42.5 Å². The van der Waals surface area contributed by atoms with E-state index in [1.165, 1.54) is 5.56 Å². The molecule has 0 radical (unpaired) electrons. The summed E-state index contributed by atoms with van der Waals surface area (Å²) < 4.78 is 0. The van der Waals surface area contributed by atoms with Crippen molar-refractivity contribution >= 4 is 23.0 Å². The highest BCUT2D eigenvalue weighted by Crippen LogP contribution is 2.33. The van der Waals surface area contributed by atoms with Gasteiger partial charge in [0, 0.05) is 17.8 Å². The second kappa shape index (κ2) is 6.19. The first kappa shape index (κ1) is 16.4. The summed E-state index contributed by atoms with van der Waals surface area (Å²) in [7, 11) is 0. The number of nitrogens with zero attached hydrogens (tertiary/aromatic N) is 1. The average Bonchev–Trinajstić information content (AvgIpc) is 2.49. The largest absolute Gasteiger partial charge is 0.377 e. The Labute approximate surface area is 143 Å².